The summed E-state index contributed by atoms with van der Waals surface area (Å²) in [7, 11) is 6.32. The van der Waals surface area contributed by atoms with Crippen LogP contribution in [0.3, 0.4) is 0 Å². The second-order valence-electron chi connectivity index (χ2n) is 5.24. The van der Waals surface area contributed by atoms with Crippen molar-refractivity contribution in [3.63, 3.8) is 0 Å². The van der Waals surface area contributed by atoms with Crippen molar-refractivity contribution in [2.45, 2.75) is 0 Å². The molecule has 0 heterocycles. The highest BCUT2D eigenvalue weighted by molar-refractivity contribution is 6.13. The lowest BCUT2D eigenvalue weighted by atomic mass is 9.98. The van der Waals surface area contributed by atoms with Gasteiger partial charge in [-0.05, 0) is 41.1 Å². The van der Waals surface area contributed by atoms with Gasteiger partial charge in [-0.15, -0.1) is 0 Å². The van der Waals surface area contributed by atoms with E-state index in [2.05, 4.69) is 0 Å². The minimum atomic E-state index is 0.533. The van der Waals surface area contributed by atoms with E-state index >= 15 is 0 Å². The summed E-state index contributed by atoms with van der Waals surface area (Å²) in [5.41, 5.74) is 0.542. The molecule has 24 heavy (non-hydrogen) atoms. The van der Waals surface area contributed by atoms with Crippen LogP contribution in [0.4, 0.5) is 0 Å². The summed E-state index contributed by atoms with van der Waals surface area (Å²) in [5.74, 6) is 2.32. The van der Waals surface area contributed by atoms with E-state index in [1.807, 2.05) is 24.3 Å². The van der Waals surface area contributed by atoms with Crippen molar-refractivity contribution in [3.8, 4) is 23.0 Å². The molecule has 0 unspecified atom stereocenters. The first-order valence-electron chi connectivity index (χ1n) is 7.37. The summed E-state index contributed by atoms with van der Waals surface area (Å²) in [6.45, 7) is 0. The van der Waals surface area contributed by atoms with Gasteiger partial charge in [-0.2, -0.15) is 0 Å². The molecule has 124 valence electrons. The standard InChI is InChI=1S/C19H18O5/c1-21-16-8-11(10-20)7-14-12(16)5-6-13-15(14)9-17(22-2)19(24-4)18(13)23-3/h5-10H,1-4H3. The lowest BCUT2D eigenvalue weighted by Gasteiger charge is -2.16. The molecule has 5 heteroatoms. The first-order valence-corrected chi connectivity index (χ1v) is 7.37. The van der Waals surface area contributed by atoms with E-state index in [-0.39, 0.29) is 0 Å². The highest BCUT2D eigenvalue weighted by Gasteiger charge is 2.18. The maximum absolute atomic E-state index is 11.3. The number of carbonyl (C=O) groups excluding carboxylic acids is 1. The molecule has 0 aromatic heterocycles. The van der Waals surface area contributed by atoms with Gasteiger partial charge in [-0.3, -0.25) is 4.79 Å². The zero-order chi connectivity index (χ0) is 17.3. The normalized spacial score (nSPS) is 10.7. The fourth-order valence-corrected chi connectivity index (χ4v) is 3.01. The van der Waals surface area contributed by atoms with Gasteiger partial charge in [0.2, 0.25) is 5.75 Å². The molecule has 3 aromatic rings. The van der Waals surface area contributed by atoms with Gasteiger partial charge in [0, 0.05) is 16.3 Å². The van der Waals surface area contributed by atoms with Gasteiger partial charge in [0.15, 0.2) is 11.5 Å². The smallest absolute Gasteiger partial charge is 0.203 e. The molecule has 0 radical (unpaired) electrons. The van der Waals surface area contributed by atoms with Crippen molar-refractivity contribution in [3.05, 3.63) is 35.9 Å². The van der Waals surface area contributed by atoms with Crippen LogP contribution < -0.4 is 18.9 Å². The monoisotopic (exact) mass is 326 g/mol. The molecule has 0 bridgehead atoms. The van der Waals surface area contributed by atoms with Crippen LogP contribution in [0, 0.1) is 0 Å². The molecule has 0 N–H and O–H groups in total. The fraction of sp³-hybridized carbons (Fsp3) is 0.211. The van der Waals surface area contributed by atoms with Crippen molar-refractivity contribution >= 4 is 27.8 Å². The molecule has 5 nitrogen and oxygen atoms in total. The number of fused-ring (bicyclic) bond motifs is 3. The van der Waals surface area contributed by atoms with E-state index in [0.29, 0.717) is 28.6 Å². The second kappa shape index (κ2) is 6.28. The van der Waals surface area contributed by atoms with Crippen LogP contribution in [0.1, 0.15) is 10.4 Å². The first-order chi connectivity index (χ1) is 11.7. The van der Waals surface area contributed by atoms with Crippen LogP contribution in [-0.2, 0) is 0 Å². The molecule has 0 spiro atoms. The summed E-state index contributed by atoms with van der Waals surface area (Å²) in [6.07, 6.45) is 0.804. The third-order valence-corrected chi connectivity index (χ3v) is 4.10. The highest BCUT2D eigenvalue weighted by Crippen LogP contribution is 2.46. The Morgan fingerprint density at radius 2 is 1.29 bits per heavy atom. The van der Waals surface area contributed by atoms with Crippen molar-refractivity contribution in [2.75, 3.05) is 28.4 Å². The molecule has 0 amide bonds. The number of rotatable bonds is 5. The van der Waals surface area contributed by atoms with Crippen molar-refractivity contribution in [2.24, 2.45) is 0 Å². The molecule has 3 rings (SSSR count). The van der Waals surface area contributed by atoms with E-state index in [1.165, 1.54) is 0 Å². The summed E-state index contributed by atoms with van der Waals surface area (Å²) >= 11 is 0. The largest absolute Gasteiger partial charge is 0.496 e. The van der Waals surface area contributed by atoms with Crippen molar-refractivity contribution in [1.29, 1.82) is 0 Å². The van der Waals surface area contributed by atoms with Crippen LogP contribution >= 0.6 is 0 Å². The number of aldehydes is 1. The van der Waals surface area contributed by atoms with E-state index in [9.17, 15) is 4.79 Å². The molecule has 0 fully saturated rings. The van der Waals surface area contributed by atoms with Crippen LogP contribution in [0.5, 0.6) is 23.0 Å². The Labute approximate surface area is 139 Å². The minimum absolute atomic E-state index is 0.533. The molecule has 0 saturated carbocycles. The molecule has 0 aliphatic heterocycles. The van der Waals surface area contributed by atoms with E-state index in [0.717, 1.165) is 27.8 Å². The molecule has 0 aliphatic carbocycles. The molecular weight excluding hydrogens is 308 g/mol. The van der Waals surface area contributed by atoms with Crippen LogP contribution in [0.2, 0.25) is 0 Å². The van der Waals surface area contributed by atoms with Gasteiger partial charge in [-0.25, -0.2) is 0 Å². The number of hydrogen-bond acceptors (Lipinski definition) is 5. The Bertz CT molecular complexity index is 930. The maximum atomic E-state index is 11.3. The molecule has 0 atom stereocenters. The zero-order valence-corrected chi connectivity index (χ0v) is 14.0. The lowest BCUT2D eigenvalue weighted by Crippen LogP contribution is -1.97. The summed E-state index contributed by atoms with van der Waals surface area (Å²) in [4.78, 5) is 11.3. The van der Waals surface area contributed by atoms with Gasteiger partial charge < -0.3 is 18.9 Å². The predicted molar refractivity (Wildman–Crippen MR) is 93.0 cm³/mol. The summed E-state index contributed by atoms with van der Waals surface area (Å²) in [6, 6.07) is 9.33. The van der Waals surface area contributed by atoms with Crippen LogP contribution in [-0.4, -0.2) is 34.7 Å². The Morgan fingerprint density at radius 1 is 0.667 bits per heavy atom. The van der Waals surface area contributed by atoms with Gasteiger partial charge in [-0.1, -0.05) is 0 Å². The average Bonchev–Trinajstić information content (AvgIpc) is 2.64. The average molecular weight is 326 g/mol. The molecular formula is C19H18O5. The SMILES string of the molecule is COc1cc2c(ccc3c(OC)cc(C=O)cc32)c(OC)c1OC. The zero-order valence-electron chi connectivity index (χ0n) is 14.0. The summed E-state index contributed by atoms with van der Waals surface area (Å²) in [5, 5.41) is 3.55. The number of carbonyl (C=O) groups is 1. The van der Waals surface area contributed by atoms with Crippen LogP contribution in [0.25, 0.3) is 21.5 Å². The quantitative estimate of drug-likeness (QED) is 0.527. The number of ether oxygens (including phenoxy) is 4. The third-order valence-electron chi connectivity index (χ3n) is 4.10. The van der Waals surface area contributed by atoms with E-state index in [4.69, 9.17) is 18.9 Å². The number of methoxy groups -OCH3 is 4. The van der Waals surface area contributed by atoms with E-state index in [1.54, 1.807) is 34.5 Å². The minimum Gasteiger partial charge on any atom is -0.496 e. The maximum Gasteiger partial charge on any atom is 0.203 e. The first kappa shape index (κ1) is 15.9. The topological polar surface area (TPSA) is 54.0 Å². The van der Waals surface area contributed by atoms with Gasteiger partial charge in [0.05, 0.1) is 28.4 Å². The van der Waals surface area contributed by atoms with Crippen molar-refractivity contribution < 1.29 is 23.7 Å². The van der Waals surface area contributed by atoms with Gasteiger partial charge >= 0.3 is 0 Å². The number of hydrogen-bond donors (Lipinski definition) is 0. The molecule has 0 saturated heterocycles. The highest BCUT2D eigenvalue weighted by atomic mass is 16.5. The van der Waals surface area contributed by atoms with E-state index < -0.39 is 0 Å². The predicted octanol–water partition coefficient (Wildman–Crippen LogP) is 3.84. The molecule has 0 aliphatic rings. The molecule has 3 aromatic carbocycles. The number of benzene rings is 3. The van der Waals surface area contributed by atoms with Gasteiger partial charge in [0.25, 0.3) is 0 Å². The second-order valence-corrected chi connectivity index (χ2v) is 5.24. The Morgan fingerprint density at radius 3 is 1.88 bits per heavy atom. The van der Waals surface area contributed by atoms with Crippen LogP contribution in [0.15, 0.2) is 30.3 Å². The van der Waals surface area contributed by atoms with Gasteiger partial charge in [0.1, 0.15) is 12.0 Å². The summed E-state index contributed by atoms with van der Waals surface area (Å²) < 4.78 is 21.9. The Balaban J connectivity index is 2.53. The van der Waals surface area contributed by atoms with Crippen molar-refractivity contribution in [1.82, 2.24) is 0 Å². The Kier molecular flexibility index (Phi) is 4.16. The Hall–Kier alpha value is -2.95. The third kappa shape index (κ3) is 2.29. The fourth-order valence-electron chi connectivity index (χ4n) is 3.01. The lowest BCUT2D eigenvalue weighted by molar-refractivity contribution is 0.112.